The Morgan fingerprint density at radius 3 is 2.39 bits per heavy atom. The van der Waals surface area contributed by atoms with Crippen molar-refractivity contribution in [2.75, 3.05) is 5.32 Å². The smallest absolute Gasteiger partial charge is 0.260 e. The Labute approximate surface area is 163 Å². The molecule has 1 aromatic carbocycles. The van der Waals surface area contributed by atoms with E-state index in [-0.39, 0.29) is 6.42 Å². The number of hydrogen-bond acceptors (Lipinski definition) is 2. The monoisotopic (exact) mass is 385 g/mol. The number of nitrogens with zero attached hydrogens (tertiary/aromatic N) is 2. The molecule has 0 unspecified atom stereocenters. The summed E-state index contributed by atoms with van der Waals surface area (Å²) in [5.74, 6) is -2.67. The molecule has 0 aliphatic heterocycles. The molecule has 5 rings (SSSR count). The first-order chi connectivity index (χ1) is 13.4. The molecule has 1 aromatic heterocycles. The number of aromatic nitrogens is 2. The predicted molar refractivity (Wildman–Crippen MR) is 103 cm³/mol. The van der Waals surface area contributed by atoms with Gasteiger partial charge >= 0.3 is 0 Å². The number of carbonyl (C=O) groups excluding carboxylic acids is 1. The molecule has 1 heterocycles. The Hall–Kier alpha value is -2.24. The maximum Gasteiger partial charge on any atom is 0.260 e. The number of carbonyl (C=O) groups is 1. The van der Waals surface area contributed by atoms with Gasteiger partial charge in [0.2, 0.25) is 5.91 Å². The molecule has 28 heavy (non-hydrogen) atoms. The Morgan fingerprint density at radius 2 is 1.82 bits per heavy atom. The quantitative estimate of drug-likeness (QED) is 0.792. The molecular weight excluding hydrogens is 360 g/mol. The highest BCUT2D eigenvalue weighted by molar-refractivity contribution is 5.95. The first kappa shape index (κ1) is 17.8. The first-order valence-electron chi connectivity index (χ1n) is 10.2. The van der Waals surface area contributed by atoms with E-state index < -0.39 is 17.7 Å². The zero-order valence-electron chi connectivity index (χ0n) is 16.0. The average molecular weight is 385 g/mol. The van der Waals surface area contributed by atoms with Crippen LogP contribution in [0.25, 0.3) is 0 Å². The third kappa shape index (κ3) is 2.93. The molecule has 1 N–H and O–H groups in total. The van der Waals surface area contributed by atoms with Gasteiger partial charge in [-0.25, -0.2) is 8.78 Å². The minimum atomic E-state index is -2.85. The molecule has 4 nitrogen and oxygen atoms in total. The third-order valence-electron chi connectivity index (χ3n) is 6.81. The van der Waals surface area contributed by atoms with Crippen molar-refractivity contribution >= 4 is 11.7 Å². The van der Waals surface area contributed by atoms with E-state index in [1.165, 1.54) is 12.0 Å². The van der Waals surface area contributed by atoms with Gasteiger partial charge in [0.25, 0.3) is 5.92 Å². The van der Waals surface area contributed by atoms with E-state index in [0.717, 1.165) is 36.9 Å². The van der Waals surface area contributed by atoms with E-state index in [2.05, 4.69) is 29.6 Å². The highest BCUT2D eigenvalue weighted by Crippen LogP contribution is 2.53. The lowest BCUT2D eigenvalue weighted by atomic mass is 9.67. The number of amides is 1. The summed E-state index contributed by atoms with van der Waals surface area (Å²) in [7, 11) is 1.81. The van der Waals surface area contributed by atoms with Crippen LogP contribution in [0, 0.1) is 5.92 Å². The molecule has 6 heteroatoms. The van der Waals surface area contributed by atoms with Crippen LogP contribution in [0.1, 0.15) is 73.1 Å². The van der Waals surface area contributed by atoms with Crippen molar-refractivity contribution in [3.8, 4) is 0 Å². The molecule has 2 aromatic rings. The Morgan fingerprint density at radius 1 is 1.14 bits per heavy atom. The molecule has 3 saturated carbocycles. The van der Waals surface area contributed by atoms with Crippen LogP contribution in [0.5, 0.6) is 0 Å². The minimum Gasteiger partial charge on any atom is -0.310 e. The zero-order chi connectivity index (χ0) is 19.5. The van der Waals surface area contributed by atoms with Gasteiger partial charge in [-0.3, -0.25) is 9.48 Å². The Kier molecular flexibility index (Phi) is 4.07. The fourth-order valence-corrected chi connectivity index (χ4v) is 4.65. The second-order valence-corrected chi connectivity index (χ2v) is 8.68. The lowest BCUT2D eigenvalue weighted by molar-refractivity contribution is -0.119. The predicted octanol–water partition coefficient (Wildman–Crippen LogP) is 4.94. The van der Waals surface area contributed by atoms with Crippen LogP contribution in [-0.4, -0.2) is 21.6 Å². The van der Waals surface area contributed by atoms with Gasteiger partial charge in [-0.15, -0.1) is 0 Å². The van der Waals surface area contributed by atoms with Crippen molar-refractivity contribution in [2.45, 2.75) is 62.2 Å². The topological polar surface area (TPSA) is 46.9 Å². The van der Waals surface area contributed by atoms with Crippen LogP contribution in [0.3, 0.4) is 0 Å². The van der Waals surface area contributed by atoms with Gasteiger partial charge in [0.15, 0.2) is 0 Å². The van der Waals surface area contributed by atoms with Gasteiger partial charge in [0.1, 0.15) is 11.7 Å². The fraction of sp³-hybridized carbons (Fsp3) is 0.545. The summed E-state index contributed by atoms with van der Waals surface area (Å²) in [5, 5.41) is 7.54. The van der Waals surface area contributed by atoms with Crippen molar-refractivity contribution < 1.29 is 13.6 Å². The molecule has 148 valence electrons. The van der Waals surface area contributed by atoms with E-state index in [1.54, 1.807) is 11.7 Å². The molecule has 0 spiro atoms. The van der Waals surface area contributed by atoms with E-state index in [4.69, 9.17) is 5.10 Å². The number of aryl methyl sites for hydroxylation is 1. The standard InChI is InChI=1S/C22H25F2N3O/c1-27-20(25-21(28)17-12-22(17,23)24)18(14-8-5-9-14)19(26-27)16-10-15(11-16)13-6-3-2-4-7-13/h2-4,6-7,14-17H,5,8-12H2,1H3,(H,25,28)/t15?,16?,17-/m1/s1. The Bertz CT molecular complexity index is 898. The van der Waals surface area contributed by atoms with Crippen LogP contribution in [0.15, 0.2) is 30.3 Å². The zero-order valence-corrected chi connectivity index (χ0v) is 16.0. The molecule has 1 amide bonds. The normalized spacial score (nSPS) is 28.3. The van der Waals surface area contributed by atoms with Crippen molar-refractivity contribution in [1.29, 1.82) is 0 Å². The number of rotatable bonds is 5. The molecule has 3 aliphatic rings. The van der Waals surface area contributed by atoms with Gasteiger partial charge < -0.3 is 5.32 Å². The summed E-state index contributed by atoms with van der Waals surface area (Å²) < 4.78 is 28.3. The molecule has 0 radical (unpaired) electrons. The minimum absolute atomic E-state index is 0.344. The molecule has 3 aliphatic carbocycles. The molecular formula is C22H25F2N3O. The summed E-state index contributed by atoms with van der Waals surface area (Å²) in [4.78, 5) is 12.3. The number of alkyl halides is 2. The second-order valence-electron chi connectivity index (χ2n) is 8.68. The first-order valence-corrected chi connectivity index (χ1v) is 10.2. The number of anilines is 1. The summed E-state index contributed by atoms with van der Waals surface area (Å²) in [6.07, 6.45) is 5.09. The van der Waals surface area contributed by atoms with Crippen LogP contribution in [0.2, 0.25) is 0 Å². The van der Waals surface area contributed by atoms with E-state index >= 15 is 0 Å². The molecule has 0 bridgehead atoms. The van der Waals surface area contributed by atoms with Gasteiger partial charge in [0, 0.05) is 24.9 Å². The number of halogens is 2. The maximum atomic E-state index is 13.3. The molecule has 0 saturated heterocycles. The second kappa shape index (κ2) is 6.39. The van der Waals surface area contributed by atoms with Crippen LogP contribution in [-0.2, 0) is 11.8 Å². The largest absolute Gasteiger partial charge is 0.310 e. The fourth-order valence-electron chi connectivity index (χ4n) is 4.65. The van der Waals surface area contributed by atoms with Crippen molar-refractivity contribution in [3.63, 3.8) is 0 Å². The van der Waals surface area contributed by atoms with Gasteiger partial charge in [-0.1, -0.05) is 36.8 Å². The van der Waals surface area contributed by atoms with Gasteiger partial charge in [0.05, 0.1) is 5.69 Å². The maximum absolute atomic E-state index is 13.3. The van der Waals surface area contributed by atoms with Crippen LogP contribution >= 0.6 is 0 Å². The van der Waals surface area contributed by atoms with Crippen LogP contribution < -0.4 is 5.32 Å². The number of benzene rings is 1. The van der Waals surface area contributed by atoms with Crippen molar-refractivity contribution in [1.82, 2.24) is 9.78 Å². The summed E-state index contributed by atoms with van der Waals surface area (Å²) >= 11 is 0. The average Bonchev–Trinajstić information content (AvgIpc) is 3.13. The van der Waals surface area contributed by atoms with Crippen molar-refractivity contribution in [2.24, 2.45) is 13.0 Å². The van der Waals surface area contributed by atoms with E-state index in [9.17, 15) is 13.6 Å². The summed E-state index contributed by atoms with van der Waals surface area (Å²) in [6, 6.07) is 10.5. The lowest BCUT2D eigenvalue weighted by Crippen LogP contribution is -2.24. The Balaban J connectivity index is 1.38. The summed E-state index contributed by atoms with van der Waals surface area (Å²) in [6.45, 7) is 0. The third-order valence-corrected chi connectivity index (χ3v) is 6.81. The number of hydrogen-bond donors (Lipinski definition) is 1. The molecule has 3 fully saturated rings. The van der Waals surface area contributed by atoms with E-state index in [0.29, 0.717) is 23.6 Å². The molecule has 1 atom stereocenters. The van der Waals surface area contributed by atoms with Crippen molar-refractivity contribution in [3.05, 3.63) is 47.2 Å². The lowest BCUT2D eigenvalue weighted by Gasteiger charge is -2.37. The highest BCUT2D eigenvalue weighted by Gasteiger charge is 2.61. The van der Waals surface area contributed by atoms with E-state index in [1.807, 2.05) is 6.07 Å². The SMILES string of the molecule is Cn1nc(C2CC(c3ccccc3)C2)c(C2CCC2)c1NC(=O)[C@H]1CC1(F)F. The summed E-state index contributed by atoms with van der Waals surface area (Å²) in [5.41, 5.74) is 3.53. The highest BCUT2D eigenvalue weighted by atomic mass is 19.3. The number of nitrogens with one attached hydrogen (secondary N) is 1. The van der Waals surface area contributed by atoms with Crippen LogP contribution in [0.4, 0.5) is 14.6 Å². The van der Waals surface area contributed by atoms with Gasteiger partial charge in [-0.2, -0.15) is 5.10 Å². The van der Waals surface area contributed by atoms with Gasteiger partial charge in [-0.05, 0) is 43.1 Å².